The molecule has 1 aliphatic rings. The van der Waals surface area contributed by atoms with Crippen LogP contribution in [-0.4, -0.2) is 24.2 Å². The van der Waals surface area contributed by atoms with E-state index in [1.165, 1.54) is 32.1 Å². The molecule has 0 aliphatic heterocycles. The Labute approximate surface area is 121 Å². The van der Waals surface area contributed by atoms with E-state index in [0.717, 1.165) is 0 Å². The average molecular weight is 275 g/mol. The summed E-state index contributed by atoms with van der Waals surface area (Å²) >= 11 is 0. The van der Waals surface area contributed by atoms with Gasteiger partial charge in [-0.2, -0.15) is 0 Å². The second kappa shape index (κ2) is 6.89. The van der Waals surface area contributed by atoms with Gasteiger partial charge in [0.1, 0.15) is 5.60 Å². The third-order valence-electron chi connectivity index (χ3n) is 3.80. The molecule has 0 unspecified atom stereocenters. The molecule has 2 rings (SSSR count). The lowest BCUT2D eigenvalue weighted by atomic mass is 9.95. The maximum atomic E-state index is 12.1. The molecule has 0 atom stereocenters. The molecule has 1 aromatic rings. The van der Waals surface area contributed by atoms with Gasteiger partial charge in [0.05, 0.1) is 5.56 Å². The number of benzene rings is 1. The number of hydrogen-bond acceptors (Lipinski definition) is 3. The van der Waals surface area contributed by atoms with Crippen molar-refractivity contribution in [3.8, 4) is 0 Å². The fraction of sp³-hybridized carbons (Fsp3) is 0.588. The van der Waals surface area contributed by atoms with Gasteiger partial charge >= 0.3 is 5.97 Å². The Kier molecular flexibility index (Phi) is 5.18. The van der Waals surface area contributed by atoms with Crippen LogP contribution in [-0.2, 0) is 4.74 Å². The molecule has 110 valence electrons. The summed E-state index contributed by atoms with van der Waals surface area (Å²) in [6, 6.07) is 9.75. The highest BCUT2D eigenvalue weighted by Gasteiger charge is 2.25. The topological polar surface area (TPSA) is 38.3 Å². The van der Waals surface area contributed by atoms with Crippen LogP contribution in [0.4, 0.5) is 0 Å². The first-order valence-electron chi connectivity index (χ1n) is 7.59. The van der Waals surface area contributed by atoms with Crippen LogP contribution in [0.1, 0.15) is 56.3 Å². The van der Waals surface area contributed by atoms with E-state index in [1.54, 1.807) is 12.1 Å². The summed E-state index contributed by atoms with van der Waals surface area (Å²) in [5.74, 6) is -0.249. The van der Waals surface area contributed by atoms with E-state index in [0.29, 0.717) is 18.2 Å². The molecule has 0 radical (unpaired) electrons. The summed E-state index contributed by atoms with van der Waals surface area (Å²) in [5, 5.41) is 3.54. The molecule has 0 bridgehead atoms. The molecule has 20 heavy (non-hydrogen) atoms. The summed E-state index contributed by atoms with van der Waals surface area (Å²) in [6.45, 7) is 4.63. The van der Waals surface area contributed by atoms with Crippen molar-refractivity contribution < 1.29 is 9.53 Å². The van der Waals surface area contributed by atoms with Gasteiger partial charge in [-0.1, -0.05) is 37.5 Å². The van der Waals surface area contributed by atoms with Crippen LogP contribution in [0.3, 0.4) is 0 Å². The van der Waals surface area contributed by atoms with Crippen LogP contribution in [0.15, 0.2) is 30.3 Å². The fourth-order valence-corrected chi connectivity index (χ4v) is 2.62. The molecule has 1 aromatic carbocycles. The first-order valence-corrected chi connectivity index (χ1v) is 7.59. The van der Waals surface area contributed by atoms with E-state index in [9.17, 15) is 4.79 Å². The Balaban J connectivity index is 1.82. The predicted molar refractivity (Wildman–Crippen MR) is 80.8 cm³/mol. The predicted octanol–water partition coefficient (Wildman–Crippen LogP) is 3.54. The zero-order chi connectivity index (χ0) is 14.4. The van der Waals surface area contributed by atoms with Crippen molar-refractivity contribution in [1.82, 2.24) is 5.32 Å². The van der Waals surface area contributed by atoms with Gasteiger partial charge in [-0.25, -0.2) is 4.79 Å². The lowest BCUT2D eigenvalue weighted by Crippen LogP contribution is -2.44. The highest BCUT2D eigenvalue weighted by atomic mass is 16.6. The van der Waals surface area contributed by atoms with E-state index in [2.05, 4.69) is 5.32 Å². The minimum absolute atomic E-state index is 0.249. The molecular formula is C17H25NO2. The molecule has 1 fully saturated rings. The van der Waals surface area contributed by atoms with E-state index < -0.39 is 5.60 Å². The van der Waals surface area contributed by atoms with Gasteiger partial charge in [0.2, 0.25) is 0 Å². The van der Waals surface area contributed by atoms with Crippen LogP contribution >= 0.6 is 0 Å². The summed E-state index contributed by atoms with van der Waals surface area (Å²) in [6.07, 6.45) is 6.44. The molecule has 1 saturated carbocycles. The van der Waals surface area contributed by atoms with Gasteiger partial charge in [-0.05, 0) is 38.8 Å². The molecular weight excluding hydrogens is 250 g/mol. The summed E-state index contributed by atoms with van der Waals surface area (Å²) in [5.41, 5.74) is 0.128. The zero-order valence-corrected chi connectivity index (χ0v) is 12.5. The quantitative estimate of drug-likeness (QED) is 0.835. The highest BCUT2D eigenvalue weighted by molar-refractivity contribution is 5.89. The number of ether oxygens (including phenoxy) is 1. The minimum atomic E-state index is -0.482. The monoisotopic (exact) mass is 275 g/mol. The van der Waals surface area contributed by atoms with E-state index in [4.69, 9.17) is 4.74 Å². The van der Waals surface area contributed by atoms with Crippen LogP contribution in [0.2, 0.25) is 0 Å². The van der Waals surface area contributed by atoms with E-state index in [1.807, 2.05) is 32.0 Å². The Hall–Kier alpha value is -1.35. The Bertz CT molecular complexity index is 422. The summed E-state index contributed by atoms with van der Waals surface area (Å²) in [4.78, 5) is 12.1. The first kappa shape index (κ1) is 15.0. The summed E-state index contributed by atoms with van der Waals surface area (Å²) in [7, 11) is 0. The van der Waals surface area contributed by atoms with E-state index >= 15 is 0 Å². The van der Waals surface area contributed by atoms with Crippen molar-refractivity contribution in [2.24, 2.45) is 0 Å². The van der Waals surface area contributed by atoms with Gasteiger partial charge in [0, 0.05) is 12.6 Å². The standard InChI is InChI=1S/C17H25NO2/c1-17(2,13-18-15-11-7-4-8-12-15)20-16(19)14-9-5-3-6-10-14/h3,5-6,9-10,15,18H,4,7-8,11-13H2,1-2H3. The van der Waals surface area contributed by atoms with Crippen molar-refractivity contribution in [1.29, 1.82) is 0 Å². The zero-order valence-electron chi connectivity index (χ0n) is 12.5. The molecule has 0 spiro atoms. The maximum absolute atomic E-state index is 12.1. The van der Waals surface area contributed by atoms with Crippen molar-refractivity contribution >= 4 is 5.97 Å². The number of rotatable bonds is 5. The maximum Gasteiger partial charge on any atom is 0.338 e. The lowest BCUT2D eigenvalue weighted by molar-refractivity contribution is -0.00193. The molecule has 0 amide bonds. The normalized spacial score (nSPS) is 16.9. The Morgan fingerprint density at radius 3 is 2.50 bits per heavy atom. The first-order chi connectivity index (χ1) is 9.57. The third kappa shape index (κ3) is 4.64. The number of carbonyl (C=O) groups is 1. The van der Waals surface area contributed by atoms with Crippen molar-refractivity contribution in [2.75, 3.05) is 6.54 Å². The average Bonchev–Trinajstić information content (AvgIpc) is 2.47. The number of esters is 1. The van der Waals surface area contributed by atoms with E-state index in [-0.39, 0.29) is 5.97 Å². The van der Waals surface area contributed by atoms with Crippen LogP contribution in [0, 0.1) is 0 Å². The Morgan fingerprint density at radius 1 is 1.20 bits per heavy atom. The van der Waals surface area contributed by atoms with Gasteiger partial charge < -0.3 is 10.1 Å². The van der Waals surface area contributed by atoms with Gasteiger partial charge in [-0.15, -0.1) is 0 Å². The SMILES string of the molecule is CC(C)(CNC1CCCCC1)OC(=O)c1ccccc1. The molecule has 0 aromatic heterocycles. The number of nitrogens with one attached hydrogen (secondary N) is 1. The number of carbonyl (C=O) groups excluding carboxylic acids is 1. The van der Waals surface area contributed by atoms with Crippen molar-refractivity contribution in [3.63, 3.8) is 0 Å². The van der Waals surface area contributed by atoms with Crippen molar-refractivity contribution in [2.45, 2.75) is 57.6 Å². The molecule has 1 aliphatic carbocycles. The van der Waals surface area contributed by atoms with Gasteiger partial charge in [-0.3, -0.25) is 0 Å². The largest absolute Gasteiger partial charge is 0.455 e. The van der Waals surface area contributed by atoms with Crippen LogP contribution in [0.5, 0.6) is 0 Å². The summed E-state index contributed by atoms with van der Waals surface area (Å²) < 4.78 is 5.61. The lowest BCUT2D eigenvalue weighted by Gasteiger charge is -2.30. The second-order valence-corrected chi connectivity index (χ2v) is 6.23. The van der Waals surface area contributed by atoms with Crippen LogP contribution in [0.25, 0.3) is 0 Å². The number of hydrogen-bond donors (Lipinski definition) is 1. The molecule has 0 saturated heterocycles. The van der Waals surface area contributed by atoms with Crippen molar-refractivity contribution in [3.05, 3.63) is 35.9 Å². The highest BCUT2D eigenvalue weighted by Crippen LogP contribution is 2.19. The Morgan fingerprint density at radius 2 is 1.85 bits per heavy atom. The van der Waals surface area contributed by atoms with Gasteiger partial charge in [0.15, 0.2) is 0 Å². The molecule has 1 N–H and O–H groups in total. The fourth-order valence-electron chi connectivity index (χ4n) is 2.62. The third-order valence-corrected chi connectivity index (χ3v) is 3.80. The molecule has 0 heterocycles. The molecule has 3 nitrogen and oxygen atoms in total. The van der Waals surface area contributed by atoms with Crippen LogP contribution < -0.4 is 5.32 Å². The smallest absolute Gasteiger partial charge is 0.338 e. The minimum Gasteiger partial charge on any atom is -0.455 e. The molecule has 3 heteroatoms. The second-order valence-electron chi connectivity index (χ2n) is 6.23. The van der Waals surface area contributed by atoms with Gasteiger partial charge in [0.25, 0.3) is 0 Å².